The van der Waals surface area contributed by atoms with Crippen molar-refractivity contribution in [1.29, 1.82) is 0 Å². The lowest BCUT2D eigenvalue weighted by Gasteiger charge is -2.09. The first-order chi connectivity index (χ1) is 11.5. The summed E-state index contributed by atoms with van der Waals surface area (Å²) in [5, 5.41) is 4.54. The molecule has 2 aromatic carbocycles. The Morgan fingerprint density at radius 2 is 1.71 bits per heavy atom. The monoisotopic (exact) mass is 446 g/mol. The average molecular weight is 446 g/mol. The van der Waals surface area contributed by atoms with E-state index >= 15 is 0 Å². The summed E-state index contributed by atoms with van der Waals surface area (Å²) in [5.41, 5.74) is 0.775. The predicted molar refractivity (Wildman–Crippen MR) is 92.3 cm³/mol. The van der Waals surface area contributed by atoms with Gasteiger partial charge in [-0.25, -0.2) is 13.6 Å². The van der Waals surface area contributed by atoms with Crippen LogP contribution in [-0.4, -0.2) is 18.5 Å². The molecular formula is C16H13F2IN2O3. The molecule has 2 aromatic rings. The van der Waals surface area contributed by atoms with Gasteiger partial charge in [-0.1, -0.05) is 30.3 Å². The highest BCUT2D eigenvalue weighted by Crippen LogP contribution is 2.20. The molecule has 0 aliphatic heterocycles. The lowest BCUT2D eigenvalue weighted by molar-refractivity contribution is -0.115. The lowest BCUT2D eigenvalue weighted by Crippen LogP contribution is -2.33. The van der Waals surface area contributed by atoms with Crippen LogP contribution in [0.2, 0.25) is 0 Å². The van der Waals surface area contributed by atoms with Crippen LogP contribution < -0.4 is 10.6 Å². The molecule has 0 saturated heterocycles. The number of halogens is 3. The van der Waals surface area contributed by atoms with E-state index in [-0.39, 0.29) is 22.4 Å². The summed E-state index contributed by atoms with van der Waals surface area (Å²) >= 11 is 1.52. The zero-order valence-corrected chi connectivity index (χ0v) is 14.5. The Morgan fingerprint density at radius 3 is 2.33 bits per heavy atom. The van der Waals surface area contributed by atoms with Crippen LogP contribution in [0.3, 0.4) is 0 Å². The van der Waals surface area contributed by atoms with Crippen LogP contribution >= 0.6 is 22.6 Å². The first-order valence-electron chi connectivity index (χ1n) is 6.84. The molecule has 0 aliphatic rings. The fraction of sp³-hybridized carbons (Fsp3) is 0.125. The van der Waals surface area contributed by atoms with E-state index in [1.807, 2.05) is 18.2 Å². The molecule has 0 unspecified atom stereocenters. The minimum Gasteiger partial charge on any atom is -0.445 e. The van der Waals surface area contributed by atoms with E-state index in [4.69, 9.17) is 4.74 Å². The maximum Gasteiger partial charge on any atom is 0.407 e. The summed E-state index contributed by atoms with van der Waals surface area (Å²) in [6.45, 7) is -0.315. The van der Waals surface area contributed by atoms with E-state index in [2.05, 4.69) is 10.6 Å². The molecule has 8 heteroatoms. The van der Waals surface area contributed by atoms with Crippen molar-refractivity contribution < 1.29 is 23.1 Å². The van der Waals surface area contributed by atoms with Crippen molar-refractivity contribution in [3.8, 4) is 0 Å². The number of anilines is 1. The van der Waals surface area contributed by atoms with Gasteiger partial charge in [0.05, 0.1) is 3.57 Å². The molecule has 0 saturated carbocycles. The number of hydrogen-bond acceptors (Lipinski definition) is 3. The number of carbonyl (C=O) groups is 2. The van der Waals surface area contributed by atoms with Crippen LogP contribution in [-0.2, 0) is 16.1 Å². The van der Waals surface area contributed by atoms with Crippen LogP contribution in [0.4, 0.5) is 19.3 Å². The molecule has 0 bridgehead atoms. The van der Waals surface area contributed by atoms with Gasteiger partial charge in [-0.3, -0.25) is 4.79 Å². The number of rotatable bonds is 5. The maximum atomic E-state index is 13.4. The van der Waals surface area contributed by atoms with Crippen molar-refractivity contribution in [3.05, 3.63) is 63.2 Å². The van der Waals surface area contributed by atoms with Crippen molar-refractivity contribution >= 4 is 40.3 Å². The molecule has 0 atom stereocenters. The Morgan fingerprint density at radius 1 is 1.08 bits per heavy atom. The highest BCUT2D eigenvalue weighted by molar-refractivity contribution is 14.1. The van der Waals surface area contributed by atoms with E-state index in [1.54, 1.807) is 12.1 Å². The third kappa shape index (κ3) is 5.44. The van der Waals surface area contributed by atoms with Crippen LogP contribution in [0.15, 0.2) is 42.5 Å². The second-order valence-corrected chi connectivity index (χ2v) is 5.80. The highest BCUT2D eigenvalue weighted by atomic mass is 127. The zero-order valence-electron chi connectivity index (χ0n) is 12.3. The number of nitrogens with one attached hydrogen (secondary N) is 2. The standard InChI is InChI=1S/C16H13F2IN2O3/c17-12-6-11(7-13(18)15(12)19)21-14(22)8-20-16(23)24-9-10-4-2-1-3-5-10/h1-7H,8-9H2,(H,20,23)(H,21,22). The van der Waals surface area contributed by atoms with Gasteiger partial charge in [-0.2, -0.15) is 0 Å². The molecule has 24 heavy (non-hydrogen) atoms. The minimum absolute atomic E-state index is 0.0325. The van der Waals surface area contributed by atoms with Gasteiger partial charge >= 0.3 is 6.09 Å². The number of alkyl carbamates (subject to hydrolysis) is 1. The van der Waals surface area contributed by atoms with Gasteiger partial charge in [0.15, 0.2) is 0 Å². The normalized spacial score (nSPS) is 10.1. The van der Waals surface area contributed by atoms with Gasteiger partial charge in [0, 0.05) is 5.69 Å². The molecule has 0 heterocycles. The molecule has 0 aliphatic carbocycles. The summed E-state index contributed by atoms with van der Waals surface area (Å²) in [5.74, 6) is -2.19. The van der Waals surface area contributed by atoms with E-state index in [9.17, 15) is 18.4 Å². The van der Waals surface area contributed by atoms with Crippen LogP contribution in [0, 0.1) is 15.2 Å². The zero-order chi connectivity index (χ0) is 17.5. The SMILES string of the molecule is O=C(CNC(=O)OCc1ccccc1)Nc1cc(F)c(I)c(F)c1. The molecule has 2 amide bonds. The van der Waals surface area contributed by atoms with E-state index in [1.165, 1.54) is 22.6 Å². The predicted octanol–water partition coefficient (Wildman–Crippen LogP) is 3.43. The fourth-order valence-electron chi connectivity index (χ4n) is 1.76. The van der Waals surface area contributed by atoms with Gasteiger partial charge < -0.3 is 15.4 Å². The van der Waals surface area contributed by atoms with Gasteiger partial charge in [0.1, 0.15) is 24.8 Å². The first-order valence-corrected chi connectivity index (χ1v) is 7.92. The highest BCUT2D eigenvalue weighted by Gasteiger charge is 2.11. The average Bonchev–Trinajstić information content (AvgIpc) is 2.57. The molecule has 0 radical (unpaired) electrons. The Hall–Kier alpha value is -2.23. The second kappa shape index (κ2) is 8.57. The summed E-state index contributed by atoms with van der Waals surface area (Å²) in [6.07, 6.45) is -0.769. The van der Waals surface area contributed by atoms with Gasteiger partial charge in [0.2, 0.25) is 5.91 Å². The van der Waals surface area contributed by atoms with Crippen molar-refractivity contribution in [2.24, 2.45) is 0 Å². The quantitative estimate of drug-likeness (QED) is 0.547. The molecule has 2 rings (SSSR count). The number of amides is 2. The van der Waals surface area contributed by atoms with E-state index in [0.29, 0.717) is 0 Å². The van der Waals surface area contributed by atoms with Crippen molar-refractivity contribution in [2.75, 3.05) is 11.9 Å². The number of ether oxygens (including phenoxy) is 1. The number of hydrogen-bond donors (Lipinski definition) is 2. The fourth-order valence-corrected chi connectivity index (χ4v) is 2.07. The molecular weight excluding hydrogens is 433 g/mol. The maximum absolute atomic E-state index is 13.4. The van der Waals surface area contributed by atoms with Gasteiger partial charge in [-0.15, -0.1) is 0 Å². The summed E-state index contributed by atoms with van der Waals surface area (Å²) in [7, 11) is 0. The lowest BCUT2D eigenvalue weighted by atomic mass is 10.2. The van der Waals surface area contributed by atoms with Gasteiger partial charge in [-0.05, 0) is 40.3 Å². The number of carbonyl (C=O) groups excluding carboxylic acids is 2. The summed E-state index contributed by atoms with van der Waals surface area (Å²) in [6, 6.07) is 11.0. The van der Waals surface area contributed by atoms with Crippen molar-refractivity contribution in [1.82, 2.24) is 5.32 Å². The van der Waals surface area contributed by atoms with Crippen LogP contribution in [0.5, 0.6) is 0 Å². The Kier molecular flexibility index (Phi) is 6.47. The minimum atomic E-state index is -0.777. The first kappa shape index (κ1) is 18.1. The topological polar surface area (TPSA) is 67.4 Å². The molecule has 0 spiro atoms. The smallest absolute Gasteiger partial charge is 0.407 e. The Labute approximate surface area is 150 Å². The van der Waals surface area contributed by atoms with E-state index in [0.717, 1.165) is 17.7 Å². The van der Waals surface area contributed by atoms with Crippen molar-refractivity contribution in [2.45, 2.75) is 6.61 Å². The number of benzene rings is 2. The Balaban J connectivity index is 1.77. The Bertz CT molecular complexity index is 718. The largest absolute Gasteiger partial charge is 0.445 e. The van der Waals surface area contributed by atoms with E-state index < -0.39 is 23.6 Å². The molecule has 5 nitrogen and oxygen atoms in total. The summed E-state index contributed by atoms with van der Waals surface area (Å²) < 4.78 is 31.5. The molecule has 0 fully saturated rings. The van der Waals surface area contributed by atoms with Gasteiger partial charge in [0.25, 0.3) is 0 Å². The van der Waals surface area contributed by atoms with Crippen LogP contribution in [0.1, 0.15) is 5.56 Å². The van der Waals surface area contributed by atoms with Crippen molar-refractivity contribution in [3.63, 3.8) is 0 Å². The molecule has 0 aromatic heterocycles. The second-order valence-electron chi connectivity index (χ2n) is 4.72. The molecule has 2 N–H and O–H groups in total. The third-order valence-corrected chi connectivity index (χ3v) is 3.90. The molecule has 126 valence electrons. The third-order valence-electron chi connectivity index (χ3n) is 2.87. The van der Waals surface area contributed by atoms with Crippen LogP contribution in [0.25, 0.3) is 0 Å². The summed E-state index contributed by atoms with van der Waals surface area (Å²) in [4.78, 5) is 23.2.